The summed E-state index contributed by atoms with van der Waals surface area (Å²) in [4.78, 5) is 20.9. The number of anilines is 2. The number of hydrogen-bond acceptors (Lipinski definition) is 6. The van der Waals surface area contributed by atoms with Crippen molar-refractivity contribution in [3.8, 4) is 11.8 Å². The van der Waals surface area contributed by atoms with Gasteiger partial charge >= 0.3 is 0 Å². The van der Waals surface area contributed by atoms with E-state index in [9.17, 15) is 10.1 Å². The van der Waals surface area contributed by atoms with Crippen molar-refractivity contribution in [2.45, 2.75) is 6.92 Å². The molecule has 1 aliphatic rings. The van der Waals surface area contributed by atoms with Crippen LogP contribution in [0.1, 0.15) is 12.5 Å². The van der Waals surface area contributed by atoms with Crippen LogP contribution in [0, 0.1) is 11.3 Å². The Balaban J connectivity index is 1.54. The second kappa shape index (κ2) is 9.01. The number of pyridine rings is 1. The number of carbonyl (C=O) groups excluding carboxylic acids is 1. The van der Waals surface area contributed by atoms with Gasteiger partial charge in [-0.3, -0.25) is 9.69 Å². The Kier molecular flexibility index (Phi) is 6.23. The van der Waals surface area contributed by atoms with Crippen LogP contribution in [0.3, 0.4) is 0 Å². The number of rotatable bonds is 6. The van der Waals surface area contributed by atoms with E-state index in [0.717, 1.165) is 32.0 Å². The maximum absolute atomic E-state index is 12.4. The molecule has 1 saturated heterocycles. The highest BCUT2D eigenvalue weighted by atomic mass is 16.5. The minimum atomic E-state index is -0.0637. The molecule has 0 atom stereocenters. The average molecular weight is 365 g/mol. The molecule has 0 bridgehead atoms. The van der Waals surface area contributed by atoms with Crippen molar-refractivity contribution < 1.29 is 9.53 Å². The molecule has 3 rings (SSSR count). The summed E-state index contributed by atoms with van der Waals surface area (Å²) in [5.41, 5.74) is 1.27. The Hall–Kier alpha value is -3.11. The van der Waals surface area contributed by atoms with Gasteiger partial charge in [-0.2, -0.15) is 5.26 Å². The second-order valence-corrected chi connectivity index (χ2v) is 6.23. The van der Waals surface area contributed by atoms with Gasteiger partial charge in [-0.15, -0.1) is 0 Å². The van der Waals surface area contributed by atoms with Crippen LogP contribution < -0.4 is 15.0 Å². The number of amides is 1. The van der Waals surface area contributed by atoms with Gasteiger partial charge in [0.2, 0.25) is 5.91 Å². The summed E-state index contributed by atoms with van der Waals surface area (Å²) in [6.07, 6.45) is 1.70. The van der Waals surface area contributed by atoms with Crippen molar-refractivity contribution in [2.75, 3.05) is 49.5 Å². The molecule has 1 fully saturated rings. The molecule has 27 heavy (non-hydrogen) atoms. The van der Waals surface area contributed by atoms with Crippen LogP contribution >= 0.6 is 0 Å². The number of carbonyl (C=O) groups is 1. The molecule has 0 saturated carbocycles. The number of nitrogens with zero attached hydrogens (tertiary/aromatic N) is 4. The quantitative estimate of drug-likeness (QED) is 0.844. The molecule has 7 heteroatoms. The Bertz CT molecular complexity index is 825. The molecule has 0 aliphatic carbocycles. The van der Waals surface area contributed by atoms with Crippen LogP contribution in [0.15, 0.2) is 42.6 Å². The Morgan fingerprint density at radius 3 is 2.74 bits per heavy atom. The van der Waals surface area contributed by atoms with Crippen molar-refractivity contribution in [2.24, 2.45) is 0 Å². The van der Waals surface area contributed by atoms with Crippen molar-refractivity contribution in [3.63, 3.8) is 0 Å². The molecule has 2 aromatic rings. The first-order valence-electron chi connectivity index (χ1n) is 9.05. The van der Waals surface area contributed by atoms with Crippen LogP contribution in [0.5, 0.6) is 5.75 Å². The number of nitrogens with one attached hydrogen (secondary N) is 1. The molecule has 1 amide bonds. The molecule has 0 unspecified atom stereocenters. The molecule has 7 nitrogen and oxygen atoms in total. The first-order valence-corrected chi connectivity index (χ1v) is 9.05. The van der Waals surface area contributed by atoms with Crippen molar-refractivity contribution in [3.05, 3.63) is 48.2 Å². The number of para-hydroxylation sites is 2. The first-order chi connectivity index (χ1) is 13.2. The fraction of sp³-hybridized carbons (Fsp3) is 0.350. The highest BCUT2D eigenvalue weighted by Crippen LogP contribution is 2.23. The number of piperazine rings is 1. The lowest BCUT2D eigenvalue weighted by Gasteiger charge is -2.35. The third kappa shape index (κ3) is 4.74. The molecule has 1 N–H and O–H groups in total. The molecule has 0 radical (unpaired) electrons. The van der Waals surface area contributed by atoms with E-state index in [1.54, 1.807) is 18.3 Å². The number of aromatic nitrogens is 1. The van der Waals surface area contributed by atoms with Gasteiger partial charge in [-0.05, 0) is 31.2 Å². The smallest absolute Gasteiger partial charge is 0.238 e. The van der Waals surface area contributed by atoms with Crippen LogP contribution in [0.25, 0.3) is 0 Å². The largest absolute Gasteiger partial charge is 0.492 e. The predicted octanol–water partition coefficient (Wildman–Crippen LogP) is 2.11. The lowest BCUT2D eigenvalue weighted by molar-refractivity contribution is -0.117. The zero-order chi connectivity index (χ0) is 19.1. The van der Waals surface area contributed by atoms with E-state index >= 15 is 0 Å². The lowest BCUT2D eigenvalue weighted by atomic mass is 10.2. The van der Waals surface area contributed by atoms with Crippen LogP contribution in [0.2, 0.25) is 0 Å². The summed E-state index contributed by atoms with van der Waals surface area (Å²) in [5, 5.41) is 12.2. The maximum atomic E-state index is 12.4. The molecule has 1 aromatic heterocycles. The summed E-state index contributed by atoms with van der Waals surface area (Å²) in [7, 11) is 0. The van der Waals surface area contributed by atoms with Gasteiger partial charge in [0.25, 0.3) is 0 Å². The molecule has 0 spiro atoms. The first kappa shape index (κ1) is 18.7. The zero-order valence-corrected chi connectivity index (χ0v) is 15.4. The van der Waals surface area contributed by atoms with E-state index in [0.29, 0.717) is 30.2 Å². The Morgan fingerprint density at radius 1 is 1.22 bits per heavy atom. The average Bonchev–Trinajstić information content (AvgIpc) is 2.70. The lowest BCUT2D eigenvalue weighted by Crippen LogP contribution is -2.49. The summed E-state index contributed by atoms with van der Waals surface area (Å²) < 4.78 is 5.54. The fourth-order valence-corrected chi connectivity index (χ4v) is 3.10. The van der Waals surface area contributed by atoms with E-state index in [-0.39, 0.29) is 5.91 Å². The van der Waals surface area contributed by atoms with Gasteiger partial charge in [0.05, 0.1) is 24.4 Å². The maximum Gasteiger partial charge on any atom is 0.238 e. The number of benzene rings is 1. The molecular formula is C20H23N5O2. The normalized spacial score (nSPS) is 14.4. The number of hydrogen-bond donors (Lipinski definition) is 1. The van der Waals surface area contributed by atoms with E-state index in [4.69, 9.17) is 4.74 Å². The minimum absolute atomic E-state index is 0.0637. The Labute approximate surface area is 159 Å². The highest BCUT2D eigenvalue weighted by molar-refractivity contribution is 5.93. The van der Waals surface area contributed by atoms with Crippen LogP contribution in [-0.2, 0) is 4.79 Å². The second-order valence-electron chi connectivity index (χ2n) is 6.23. The van der Waals surface area contributed by atoms with Crippen LogP contribution in [-0.4, -0.2) is 55.1 Å². The fourth-order valence-electron chi connectivity index (χ4n) is 3.10. The summed E-state index contributed by atoms with van der Waals surface area (Å²) in [5.74, 6) is 1.33. The number of ether oxygens (including phenoxy) is 1. The van der Waals surface area contributed by atoms with Crippen molar-refractivity contribution in [1.82, 2.24) is 9.88 Å². The Morgan fingerprint density at radius 2 is 2.00 bits per heavy atom. The van der Waals surface area contributed by atoms with E-state index in [2.05, 4.69) is 26.2 Å². The monoisotopic (exact) mass is 365 g/mol. The van der Waals surface area contributed by atoms with Gasteiger partial charge in [0, 0.05) is 32.4 Å². The molecule has 2 heterocycles. The SMILES string of the molecule is CCOc1ccccc1NC(=O)CN1CCN(c2ncccc2C#N)CC1. The van der Waals surface area contributed by atoms with Gasteiger partial charge in [-0.1, -0.05) is 12.1 Å². The van der Waals surface area contributed by atoms with Crippen molar-refractivity contribution >= 4 is 17.4 Å². The predicted molar refractivity (Wildman–Crippen MR) is 104 cm³/mol. The summed E-state index contributed by atoms with van der Waals surface area (Å²) >= 11 is 0. The van der Waals surface area contributed by atoms with E-state index in [1.165, 1.54) is 0 Å². The summed E-state index contributed by atoms with van der Waals surface area (Å²) in [6, 6.07) is 13.2. The molecular weight excluding hydrogens is 342 g/mol. The van der Waals surface area contributed by atoms with Gasteiger partial charge in [0.15, 0.2) is 0 Å². The van der Waals surface area contributed by atoms with Crippen molar-refractivity contribution in [1.29, 1.82) is 5.26 Å². The minimum Gasteiger partial charge on any atom is -0.492 e. The van der Waals surface area contributed by atoms with Gasteiger partial charge < -0.3 is 15.0 Å². The zero-order valence-electron chi connectivity index (χ0n) is 15.4. The van der Waals surface area contributed by atoms with Gasteiger partial charge in [0.1, 0.15) is 17.6 Å². The number of nitriles is 1. The molecule has 140 valence electrons. The third-order valence-corrected chi connectivity index (χ3v) is 4.41. The third-order valence-electron chi connectivity index (χ3n) is 4.41. The molecule has 1 aliphatic heterocycles. The van der Waals surface area contributed by atoms with E-state index in [1.807, 2.05) is 31.2 Å². The topological polar surface area (TPSA) is 81.5 Å². The highest BCUT2D eigenvalue weighted by Gasteiger charge is 2.21. The van der Waals surface area contributed by atoms with E-state index < -0.39 is 0 Å². The molecule has 1 aromatic carbocycles. The van der Waals surface area contributed by atoms with Crippen LogP contribution in [0.4, 0.5) is 11.5 Å². The standard InChI is InChI=1S/C20H23N5O2/c1-2-27-18-8-4-3-7-17(18)23-19(26)15-24-10-12-25(13-11-24)20-16(14-21)6-5-9-22-20/h3-9H,2,10-13,15H2,1H3,(H,23,26). The summed E-state index contributed by atoms with van der Waals surface area (Å²) in [6.45, 7) is 5.72. The van der Waals surface area contributed by atoms with Gasteiger partial charge in [-0.25, -0.2) is 4.98 Å².